The van der Waals surface area contributed by atoms with Crippen molar-refractivity contribution in [1.29, 1.82) is 0 Å². The lowest BCUT2D eigenvalue weighted by molar-refractivity contribution is -0.116. The average molecular weight is 407 g/mol. The minimum Gasteiger partial charge on any atom is -0.489 e. The molecule has 0 bridgehead atoms. The van der Waals surface area contributed by atoms with Gasteiger partial charge in [0.1, 0.15) is 0 Å². The Balaban J connectivity index is 1.71. The summed E-state index contributed by atoms with van der Waals surface area (Å²) in [5.74, 6) is 0.604. The molecule has 1 aliphatic rings. The van der Waals surface area contributed by atoms with E-state index in [0.29, 0.717) is 35.4 Å². The molecule has 0 saturated heterocycles. The minimum absolute atomic E-state index is 0.130. The van der Waals surface area contributed by atoms with E-state index in [9.17, 15) is 9.59 Å². The van der Waals surface area contributed by atoms with Crippen LogP contribution in [0.2, 0.25) is 5.02 Å². The highest BCUT2D eigenvalue weighted by atomic mass is 35.5. The number of hydrogen-bond acceptors (Lipinski definition) is 5. The van der Waals surface area contributed by atoms with Crippen LogP contribution in [0.15, 0.2) is 41.3 Å². The topological polar surface area (TPSA) is 90.7 Å². The molecule has 3 N–H and O–H groups in total. The second-order valence-electron chi connectivity index (χ2n) is 5.93. The molecule has 2 amide bonds. The van der Waals surface area contributed by atoms with E-state index >= 15 is 0 Å². The lowest BCUT2D eigenvalue weighted by Crippen LogP contribution is -2.16. The van der Waals surface area contributed by atoms with Crippen LogP contribution in [0.1, 0.15) is 12.0 Å². The zero-order valence-corrected chi connectivity index (χ0v) is 16.1. The molecule has 6 nitrogen and oxygen atoms in total. The monoisotopic (exact) mass is 406 g/mol. The first-order valence-electron chi connectivity index (χ1n) is 8.41. The molecule has 0 spiro atoms. The smallest absolute Gasteiger partial charge is 0.228 e. The first-order valence-corrected chi connectivity index (χ1v) is 9.77. The van der Waals surface area contributed by atoms with Gasteiger partial charge < -0.3 is 20.5 Å². The summed E-state index contributed by atoms with van der Waals surface area (Å²) < 4.78 is 11.3. The first kappa shape index (κ1) is 19.4. The van der Waals surface area contributed by atoms with Crippen molar-refractivity contribution in [2.45, 2.75) is 17.7 Å². The van der Waals surface area contributed by atoms with E-state index in [1.165, 1.54) is 11.8 Å². The number of primary amides is 1. The van der Waals surface area contributed by atoms with Gasteiger partial charge in [-0.1, -0.05) is 23.7 Å². The van der Waals surface area contributed by atoms with E-state index in [1.807, 2.05) is 18.2 Å². The maximum Gasteiger partial charge on any atom is 0.228 e. The van der Waals surface area contributed by atoms with Crippen LogP contribution in [0.3, 0.4) is 0 Å². The number of nitrogens with one attached hydrogen (secondary N) is 1. The molecule has 0 aliphatic carbocycles. The van der Waals surface area contributed by atoms with Crippen molar-refractivity contribution < 1.29 is 19.1 Å². The molecule has 2 aromatic rings. The van der Waals surface area contributed by atoms with Gasteiger partial charge in [-0.25, -0.2) is 0 Å². The van der Waals surface area contributed by atoms with Crippen molar-refractivity contribution in [3.8, 4) is 11.5 Å². The number of carbonyl (C=O) groups excluding carboxylic acids is 2. The van der Waals surface area contributed by atoms with Gasteiger partial charge >= 0.3 is 0 Å². The molecule has 1 heterocycles. The molecular formula is C19H19ClN2O4S. The second-order valence-corrected chi connectivity index (χ2v) is 7.36. The Morgan fingerprint density at radius 1 is 1.19 bits per heavy atom. The molecule has 0 radical (unpaired) electrons. The number of benzene rings is 2. The van der Waals surface area contributed by atoms with Crippen LogP contribution in [0.4, 0.5) is 5.69 Å². The maximum atomic E-state index is 12.5. The number of fused-ring (bicyclic) bond motifs is 1. The van der Waals surface area contributed by atoms with E-state index in [-0.39, 0.29) is 18.1 Å². The van der Waals surface area contributed by atoms with Gasteiger partial charge in [0.2, 0.25) is 11.8 Å². The predicted molar refractivity (Wildman–Crippen MR) is 106 cm³/mol. The third kappa shape index (κ3) is 5.30. The Morgan fingerprint density at radius 3 is 2.78 bits per heavy atom. The highest BCUT2D eigenvalue weighted by Gasteiger charge is 2.17. The van der Waals surface area contributed by atoms with E-state index in [0.717, 1.165) is 16.9 Å². The third-order valence-electron chi connectivity index (χ3n) is 3.76. The van der Waals surface area contributed by atoms with Crippen molar-refractivity contribution in [3.05, 3.63) is 47.0 Å². The third-order valence-corrected chi connectivity index (χ3v) is 5.13. The lowest BCUT2D eigenvalue weighted by Gasteiger charge is -2.13. The number of anilines is 1. The summed E-state index contributed by atoms with van der Waals surface area (Å²) in [6.45, 7) is 1.09. The Hall–Kier alpha value is -2.38. The molecular weight excluding hydrogens is 388 g/mol. The number of rotatable bonds is 6. The van der Waals surface area contributed by atoms with Gasteiger partial charge in [-0.15, -0.1) is 11.8 Å². The summed E-state index contributed by atoms with van der Waals surface area (Å²) in [5.41, 5.74) is 6.55. The molecule has 3 rings (SSSR count). The van der Waals surface area contributed by atoms with Crippen molar-refractivity contribution in [3.63, 3.8) is 0 Å². The summed E-state index contributed by atoms with van der Waals surface area (Å²) in [4.78, 5) is 24.3. The molecule has 0 unspecified atom stereocenters. The van der Waals surface area contributed by atoms with Crippen molar-refractivity contribution in [2.24, 2.45) is 5.73 Å². The summed E-state index contributed by atoms with van der Waals surface area (Å²) in [7, 11) is 0. The number of thioether (sulfide) groups is 1. The molecule has 2 aromatic carbocycles. The highest BCUT2D eigenvalue weighted by Crippen LogP contribution is 2.38. The van der Waals surface area contributed by atoms with Gasteiger partial charge in [-0.2, -0.15) is 0 Å². The fraction of sp³-hybridized carbons (Fsp3) is 0.263. The lowest BCUT2D eigenvalue weighted by atomic mass is 10.1. The van der Waals surface area contributed by atoms with Gasteiger partial charge in [0, 0.05) is 11.3 Å². The fourth-order valence-electron chi connectivity index (χ4n) is 2.61. The molecule has 142 valence electrons. The number of para-hydroxylation sites is 1. The Labute approximate surface area is 166 Å². The zero-order chi connectivity index (χ0) is 19.2. The maximum absolute atomic E-state index is 12.5. The number of carbonyl (C=O) groups is 2. The minimum atomic E-state index is -0.414. The summed E-state index contributed by atoms with van der Waals surface area (Å²) in [6, 6.07) is 10.7. The molecule has 0 aromatic heterocycles. The van der Waals surface area contributed by atoms with E-state index in [1.54, 1.807) is 18.2 Å². The second kappa shape index (κ2) is 9.01. The first-order chi connectivity index (χ1) is 13.0. The average Bonchev–Trinajstić information content (AvgIpc) is 2.86. The molecule has 0 atom stereocenters. The Morgan fingerprint density at radius 2 is 1.96 bits per heavy atom. The van der Waals surface area contributed by atoms with E-state index in [2.05, 4.69) is 5.32 Å². The normalized spacial score (nSPS) is 12.9. The van der Waals surface area contributed by atoms with Gasteiger partial charge in [0.15, 0.2) is 11.5 Å². The number of hydrogen-bond donors (Lipinski definition) is 2. The molecule has 8 heteroatoms. The SMILES string of the molecule is NC(=O)CSc1ccccc1NC(=O)Cc1cc(Cl)c2c(c1)OCCCO2. The van der Waals surface area contributed by atoms with E-state index < -0.39 is 5.91 Å². The Kier molecular flexibility index (Phi) is 6.47. The van der Waals surface area contributed by atoms with E-state index in [4.69, 9.17) is 26.8 Å². The van der Waals surface area contributed by atoms with Crippen LogP contribution in [0, 0.1) is 0 Å². The van der Waals surface area contributed by atoms with Crippen LogP contribution >= 0.6 is 23.4 Å². The van der Waals surface area contributed by atoms with Crippen molar-refractivity contribution in [2.75, 3.05) is 24.3 Å². The van der Waals surface area contributed by atoms with Gasteiger partial charge in [-0.3, -0.25) is 9.59 Å². The Bertz CT molecular complexity index is 860. The standard InChI is InChI=1S/C19H19ClN2O4S/c20-13-8-12(9-15-19(13)26-7-3-6-25-15)10-18(24)22-14-4-1-2-5-16(14)27-11-17(21)23/h1-2,4-5,8-9H,3,6-7,10-11H2,(H2,21,23)(H,22,24). The number of nitrogens with two attached hydrogens (primary N) is 1. The fourth-order valence-corrected chi connectivity index (χ4v) is 3.65. The molecule has 0 fully saturated rings. The van der Waals surface area contributed by atoms with Crippen LogP contribution < -0.4 is 20.5 Å². The molecule has 27 heavy (non-hydrogen) atoms. The number of halogens is 1. The summed E-state index contributed by atoms with van der Waals surface area (Å²) >= 11 is 7.56. The zero-order valence-electron chi connectivity index (χ0n) is 14.5. The van der Waals surface area contributed by atoms with Crippen LogP contribution in [-0.4, -0.2) is 30.8 Å². The highest BCUT2D eigenvalue weighted by molar-refractivity contribution is 8.00. The van der Waals surface area contributed by atoms with Crippen molar-refractivity contribution >= 4 is 40.9 Å². The van der Waals surface area contributed by atoms with Gasteiger partial charge in [0.25, 0.3) is 0 Å². The largest absolute Gasteiger partial charge is 0.489 e. The van der Waals surface area contributed by atoms with Gasteiger partial charge in [0.05, 0.1) is 36.1 Å². The van der Waals surface area contributed by atoms with Crippen LogP contribution in [0.25, 0.3) is 0 Å². The van der Waals surface area contributed by atoms with Crippen LogP contribution in [-0.2, 0) is 16.0 Å². The number of amides is 2. The number of ether oxygens (including phenoxy) is 2. The molecule has 0 saturated carbocycles. The van der Waals surface area contributed by atoms with Crippen LogP contribution in [0.5, 0.6) is 11.5 Å². The quantitative estimate of drug-likeness (QED) is 0.718. The molecule has 1 aliphatic heterocycles. The van der Waals surface area contributed by atoms with Crippen molar-refractivity contribution in [1.82, 2.24) is 0 Å². The summed E-state index contributed by atoms with van der Waals surface area (Å²) in [5, 5.41) is 3.29. The van der Waals surface area contributed by atoms with Gasteiger partial charge in [-0.05, 0) is 29.8 Å². The summed E-state index contributed by atoms with van der Waals surface area (Å²) in [6.07, 6.45) is 0.908. The predicted octanol–water partition coefficient (Wildman–Crippen LogP) is 3.26.